The Morgan fingerprint density at radius 1 is 1.15 bits per heavy atom. The van der Waals surface area contributed by atoms with E-state index in [4.69, 9.17) is 13.9 Å². The lowest BCUT2D eigenvalue weighted by molar-refractivity contribution is 0.0929. The van der Waals surface area contributed by atoms with Crippen LogP contribution in [0, 0.1) is 3.57 Å². The van der Waals surface area contributed by atoms with Crippen molar-refractivity contribution in [2.45, 2.75) is 0 Å². The zero-order valence-corrected chi connectivity index (χ0v) is 19.5. The number of carbonyl (C=O) groups excluding carboxylic acids is 1. The third-order valence-electron chi connectivity index (χ3n) is 3.60. The molecule has 0 aliphatic carbocycles. The van der Waals surface area contributed by atoms with Crippen LogP contribution in [0.15, 0.2) is 48.8 Å². The Kier molecular flexibility index (Phi) is 6.43. The summed E-state index contributed by atoms with van der Waals surface area (Å²) in [6.07, 6.45) is 1.48. The summed E-state index contributed by atoms with van der Waals surface area (Å²) < 4.78 is 18.9. The number of fused-ring (bicyclic) bond motifs is 1. The smallest absolute Gasteiger partial charge is 0.307 e. The minimum absolute atomic E-state index is 0.178. The Hall–Kier alpha value is -1.59. The molecule has 2 aromatic carbocycles. The fraction of sp³-hybridized carbons (Fsp3) is 0.111. The third kappa shape index (κ3) is 4.46. The van der Waals surface area contributed by atoms with Gasteiger partial charge in [-0.15, -0.1) is 0 Å². The van der Waals surface area contributed by atoms with Gasteiger partial charge in [0.2, 0.25) is 0 Å². The van der Waals surface area contributed by atoms with Crippen molar-refractivity contribution >= 4 is 77.5 Å². The van der Waals surface area contributed by atoms with Crippen LogP contribution in [0.5, 0.6) is 11.5 Å². The number of rotatable bonds is 5. The monoisotopic (exact) mass is 606 g/mol. The molecule has 3 aromatic rings. The van der Waals surface area contributed by atoms with Crippen molar-refractivity contribution in [2.75, 3.05) is 14.2 Å². The summed E-state index contributed by atoms with van der Waals surface area (Å²) in [5, 5.41) is 4.84. The summed E-state index contributed by atoms with van der Waals surface area (Å²) in [5.74, 6) is 0.797. The third-order valence-corrected chi connectivity index (χ3v) is 5.32. The first-order chi connectivity index (χ1) is 12.9. The molecule has 140 valence electrons. The zero-order chi connectivity index (χ0) is 19.6. The number of furan rings is 1. The lowest BCUT2D eigenvalue weighted by Crippen LogP contribution is -2.16. The maximum atomic E-state index is 12.3. The lowest BCUT2D eigenvalue weighted by atomic mass is 10.2. The van der Waals surface area contributed by atoms with E-state index in [0.717, 1.165) is 17.9 Å². The van der Waals surface area contributed by atoms with Crippen LogP contribution in [-0.2, 0) is 0 Å². The highest BCUT2D eigenvalue weighted by molar-refractivity contribution is 14.1. The van der Waals surface area contributed by atoms with Crippen LogP contribution < -0.4 is 14.9 Å². The van der Waals surface area contributed by atoms with Crippen LogP contribution in [0.25, 0.3) is 11.0 Å². The maximum Gasteiger partial charge on any atom is 0.307 e. The summed E-state index contributed by atoms with van der Waals surface area (Å²) in [4.78, 5) is 12.3. The molecule has 1 aromatic heterocycles. The van der Waals surface area contributed by atoms with Crippen LogP contribution in [-0.4, -0.2) is 26.3 Å². The van der Waals surface area contributed by atoms with Gasteiger partial charge in [-0.2, -0.15) is 5.10 Å². The van der Waals surface area contributed by atoms with Crippen molar-refractivity contribution in [2.24, 2.45) is 5.10 Å². The number of methoxy groups -OCH3 is 2. The number of carbonyl (C=O) groups is 1. The van der Waals surface area contributed by atoms with Gasteiger partial charge in [0.25, 0.3) is 0 Å². The fourth-order valence-electron chi connectivity index (χ4n) is 2.46. The first kappa shape index (κ1) is 20.2. The highest BCUT2D eigenvalue weighted by atomic mass is 127. The van der Waals surface area contributed by atoms with E-state index in [1.807, 2.05) is 12.1 Å². The van der Waals surface area contributed by atoms with Crippen molar-refractivity contribution in [3.05, 3.63) is 54.2 Å². The topological polar surface area (TPSA) is 73.1 Å². The largest absolute Gasteiger partial charge is 0.493 e. The molecule has 0 bridgehead atoms. The summed E-state index contributed by atoms with van der Waals surface area (Å²) >= 11 is 8.99. The molecule has 0 radical (unpaired) electrons. The Balaban J connectivity index is 1.82. The summed E-state index contributed by atoms with van der Waals surface area (Å²) in [7, 11) is 3.09. The molecule has 0 aliphatic heterocycles. The van der Waals surface area contributed by atoms with E-state index in [9.17, 15) is 4.79 Å². The molecule has 0 saturated carbocycles. The van der Waals surface area contributed by atoms with Gasteiger partial charge in [-0.25, -0.2) is 5.43 Å². The molecule has 0 spiro atoms. The van der Waals surface area contributed by atoms with E-state index in [1.54, 1.807) is 25.3 Å². The molecule has 0 fully saturated rings. The van der Waals surface area contributed by atoms with Gasteiger partial charge in [0.15, 0.2) is 17.3 Å². The second kappa shape index (κ2) is 8.61. The quantitative estimate of drug-likeness (QED) is 0.241. The first-order valence-electron chi connectivity index (χ1n) is 7.56. The molecule has 0 atom stereocenters. The number of hydrogen-bond acceptors (Lipinski definition) is 5. The molecule has 1 heterocycles. The number of benzene rings is 2. The molecular formula is C18H13Br2IN2O4. The van der Waals surface area contributed by atoms with Gasteiger partial charge in [0, 0.05) is 19.9 Å². The van der Waals surface area contributed by atoms with Gasteiger partial charge >= 0.3 is 5.91 Å². The van der Waals surface area contributed by atoms with E-state index < -0.39 is 5.91 Å². The number of nitrogens with zero attached hydrogens (tertiary/aromatic N) is 1. The molecule has 0 aliphatic rings. The van der Waals surface area contributed by atoms with Gasteiger partial charge in [0.1, 0.15) is 5.58 Å². The fourth-order valence-corrected chi connectivity index (χ4v) is 4.57. The van der Waals surface area contributed by atoms with E-state index >= 15 is 0 Å². The van der Waals surface area contributed by atoms with Crippen LogP contribution in [0.1, 0.15) is 16.1 Å². The highest BCUT2D eigenvalue weighted by Crippen LogP contribution is 2.33. The van der Waals surface area contributed by atoms with Gasteiger partial charge in [-0.05, 0) is 52.9 Å². The van der Waals surface area contributed by atoms with Crippen LogP contribution in [0.4, 0.5) is 0 Å². The number of halogens is 3. The number of ether oxygens (including phenoxy) is 2. The van der Waals surface area contributed by atoms with Gasteiger partial charge in [-0.3, -0.25) is 4.79 Å². The standard InChI is InChI=1S/C18H13Br2IN2O4/c1-25-14-7-12(20)4-10(17(14)26-2)8-22-23-18(24)15-5-9-3-11(19)6-13(21)16(9)27-15/h3-8H,1-2H3,(H,23,24)/b22-8-. The number of hydrazone groups is 1. The minimum Gasteiger partial charge on any atom is -0.493 e. The number of hydrogen-bond donors (Lipinski definition) is 1. The summed E-state index contributed by atoms with van der Waals surface area (Å²) in [6.45, 7) is 0. The van der Waals surface area contributed by atoms with Crippen molar-refractivity contribution in [1.29, 1.82) is 0 Å². The molecule has 3 rings (SSSR count). The second-order valence-electron chi connectivity index (χ2n) is 5.35. The van der Waals surface area contributed by atoms with E-state index in [2.05, 4.69) is 65.0 Å². The molecule has 27 heavy (non-hydrogen) atoms. The zero-order valence-electron chi connectivity index (χ0n) is 14.2. The van der Waals surface area contributed by atoms with Crippen molar-refractivity contribution < 1.29 is 18.7 Å². The molecule has 0 saturated heterocycles. The first-order valence-corrected chi connectivity index (χ1v) is 10.2. The van der Waals surface area contributed by atoms with Crippen LogP contribution in [0.2, 0.25) is 0 Å². The minimum atomic E-state index is -0.449. The average Bonchev–Trinajstić information content (AvgIpc) is 3.05. The Bertz CT molecular complexity index is 1050. The Labute approximate surface area is 185 Å². The molecular weight excluding hydrogens is 595 g/mol. The highest BCUT2D eigenvalue weighted by Gasteiger charge is 2.15. The normalized spacial score (nSPS) is 11.1. The van der Waals surface area contributed by atoms with Crippen molar-refractivity contribution in [1.82, 2.24) is 5.43 Å². The van der Waals surface area contributed by atoms with Gasteiger partial charge < -0.3 is 13.9 Å². The maximum absolute atomic E-state index is 12.3. The number of nitrogens with one attached hydrogen (secondary N) is 1. The summed E-state index contributed by atoms with van der Waals surface area (Å²) in [5.41, 5.74) is 3.77. The lowest BCUT2D eigenvalue weighted by Gasteiger charge is -2.10. The summed E-state index contributed by atoms with van der Waals surface area (Å²) in [6, 6.07) is 9.07. The second-order valence-corrected chi connectivity index (χ2v) is 8.34. The SMILES string of the molecule is COc1cc(Br)cc(/C=N\NC(=O)c2cc3cc(Br)cc(I)c3o2)c1OC. The molecule has 6 nitrogen and oxygen atoms in total. The Morgan fingerprint density at radius 3 is 2.59 bits per heavy atom. The van der Waals surface area contributed by atoms with Crippen LogP contribution >= 0.6 is 54.5 Å². The average molecular weight is 608 g/mol. The van der Waals surface area contributed by atoms with Crippen molar-refractivity contribution in [3.8, 4) is 11.5 Å². The molecule has 9 heteroatoms. The van der Waals surface area contributed by atoms with Gasteiger partial charge in [0.05, 0.1) is 24.0 Å². The van der Waals surface area contributed by atoms with Crippen molar-refractivity contribution in [3.63, 3.8) is 0 Å². The van der Waals surface area contributed by atoms with E-state index in [0.29, 0.717) is 22.6 Å². The predicted octanol–water partition coefficient (Wildman–Crippen LogP) is 5.34. The number of amides is 1. The Morgan fingerprint density at radius 2 is 1.89 bits per heavy atom. The molecule has 1 amide bonds. The molecule has 1 N–H and O–H groups in total. The predicted molar refractivity (Wildman–Crippen MR) is 119 cm³/mol. The van der Waals surface area contributed by atoms with Crippen LogP contribution in [0.3, 0.4) is 0 Å². The van der Waals surface area contributed by atoms with E-state index in [-0.39, 0.29) is 5.76 Å². The van der Waals surface area contributed by atoms with E-state index in [1.165, 1.54) is 13.3 Å². The molecule has 0 unspecified atom stereocenters. The van der Waals surface area contributed by atoms with Gasteiger partial charge in [-0.1, -0.05) is 31.9 Å².